The third-order valence-corrected chi connectivity index (χ3v) is 4.26. The van der Waals surface area contributed by atoms with E-state index in [0.29, 0.717) is 5.78 Å². The smallest absolute Gasteiger partial charge is 0.166 e. The van der Waals surface area contributed by atoms with Gasteiger partial charge in [0, 0.05) is 11.5 Å². The summed E-state index contributed by atoms with van der Waals surface area (Å²) in [5.74, 6) is 0.488. The van der Waals surface area contributed by atoms with Gasteiger partial charge in [-0.2, -0.15) is 0 Å². The zero-order valence-corrected chi connectivity index (χ0v) is 10.4. The summed E-state index contributed by atoms with van der Waals surface area (Å²) in [4.78, 5) is 12.1. The first-order valence-electron chi connectivity index (χ1n) is 6.52. The third-order valence-electron chi connectivity index (χ3n) is 4.26. The van der Waals surface area contributed by atoms with Crippen LogP contribution in [0, 0.1) is 5.92 Å². The average Bonchev–Trinajstić information content (AvgIpc) is 2.87. The number of Topliss-reactive ketones (excluding diaryl/α,β-unsaturated/α-hetero) is 1. The molecule has 1 heteroatoms. The Hall–Kier alpha value is -1.89. The Morgan fingerprint density at radius 1 is 0.944 bits per heavy atom. The summed E-state index contributed by atoms with van der Waals surface area (Å²) in [7, 11) is 0. The molecule has 88 valence electrons. The molecule has 0 N–H and O–H groups in total. The monoisotopic (exact) mass is 234 g/mol. The van der Waals surface area contributed by atoms with Crippen molar-refractivity contribution in [2.45, 2.75) is 19.8 Å². The van der Waals surface area contributed by atoms with Crippen LogP contribution in [0.3, 0.4) is 0 Å². The Kier molecular flexibility index (Phi) is 1.86. The predicted molar refractivity (Wildman–Crippen MR) is 71.9 cm³/mol. The topological polar surface area (TPSA) is 17.1 Å². The lowest BCUT2D eigenvalue weighted by Gasteiger charge is -2.04. The van der Waals surface area contributed by atoms with Crippen molar-refractivity contribution in [2.24, 2.45) is 5.92 Å². The molecule has 0 radical (unpaired) electrons. The summed E-state index contributed by atoms with van der Waals surface area (Å²) in [6.07, 6.45) is 1.88. The highest BCUT2D eigenvalue weighted by Gasteiger charge is 2.30. The van der Waals surface area contributed by atoms with Gasteiger partial charge in [-0.05, 0) is 46.7 Å². The van der Waals surface area contributed by atoms with Crippen molar-refractivity contribution in [3.05, 3.63) is 58.7 Å². The van der Waals surface area contributed by atoms with E-state index in [1.807, 2.05) is 6.92 Å². The van der Waals surface area contributed by atoms with Crippen molar-refractivity contribution < 1.29 is 4.79 Å². The van der Waals surface area contributed by atoms with Crippen molar-refractivity contribution in [3.8, 4) is 11.1 Å². The summed E-state index contributed by atoms with van der Waals surface area (Å²) in [5, 5.41) is 0. The van der Waals surface area contributed by atoms with E-state index in [1.54, 1.807) is 0 Å². The van der Waals surface area contributed by atoms with Gasteiger partial charge in [0.25, 0.3) is 0 Å². The van der Waals surface area contributed by atoms with Crippen LogP contribution in [0.15, 0.2) is 36.4 Å². The Balaban J connectivity index is 1.95. The highest BCUT2D eigenvalue weighted by molar-refractivity contribution is 6.03. The van der Waals surface area contributed by atoms with Gasteiger partial charge in [-0.1, -0.05) is 37.3 Å². The van der Waals surface area contributed by atoms with Crippen LogP contribution in [0.2, 0.25) is 0 Å². The minimum atomic E-state index is 0.165. The fourth-order valence-corrected chi connectivity index (χ4v) is 3.32. The highest BCUT2D eigenvalue weighted by atomic mass is 16.1. The number of fused-ring (bicyclic) bond motifs is 4. The first kappa shape index (κ1) is 10.1. The van der Waals surface area contributed by atoms with Crippen molar-refractivity contribution in [1.29, 1.82) is 0 Å². The van der Waals surface area contributed by atoms with Crippen molar-refractivity contribution in [2.75, 3.05) is 0 Å². The number of hydrogen-bond donors (Lipinski definition) is 0. The molecule has 2 aromatic rings. The minimum Gasteiger partial charge on any atom is -0.294 e. The fraction of sp³-hybridized carbons (Fsp3) is 0.235. The first-order chi connectivity index (χ1) is 8.74. The molecule has 0 fully saturated rings. The molecule has 1 atom stereocenters. The lowest BCUT2D eigenvalue weighted by atomic mass is 10.00. The molecule has 1 unspecified atom stereocenters. The van der Waals surface area contributed by atoms with Crippen molar-refractivity contribution >= 4 is 5.78 Å². The molecular formula is C17H14O. The zero-order valence-electron chi connectivity index (χ0n) is 10.4. The molecule has 0 saturated heterocycles. The second-order valence-electron chi connectivity index (χ2n) is 5.47. The van der Waals surface area contributed by atoms with Crippen LogP contribution >= 0.6 is 0 Å². The molecule has 1 nitrogen and oxygen atoms in total. The number of ketones is 1. The summed E-state index contributed by atoms with van der Waals surface area (Å²) in [6, 6.07) is 12.9. The molecule has 4 rings (SSSR count). The zero-order chi connectivity index (χ0) is 12.3. The van der Waals surface area contributed by atoms with Crippen LogP contribution in [0.5, 0.6) is 0 Å². The number of hydrogen-bond acceptors (Lipinski definition) is 1. The summed E-state index contributed by atoms with van der Waals surface area (Å²) in [5.41, 5.74) is 7.60. The molecule has 18 heavy (non-hydrogen) atoms. The Morgan fingerprint density at radius 3 is 2.61 bits per heavy atom. The van der Waals surface area contributed by atoms with E-state index >= 15 is 0 Å². The van der Waals surface area contributed by atoms with Crippen LogP contribution in [-0.4, -0.2) is 5.78 Å². The molecule has 2 aromatic carbocycles. The molecule has 0 amide bonds. The van der Waals surface area contributed by atoms with Gasteiger partial charge in [0.05, 0.1) is 0 Å². The molecular weight excluding hydrogens is 220 g/mol. The van der Waals surface area contributed by atoms with E-state index in [0.717, 1.165) is 18.4 Å². The van der Waals surface area contributed by atoms with Gasteiger partial charge in [0.2, 0.25) is 0 Å². The van der Waals surface area contributed by atoms with Crippen LogP contribution in [0.25, 0.3) is 11.1 Å². The summed E-state index contributed by atoms with van der Waals surface area (Å²) >= 11 is 0. The van der Waals surface area contributed by atoms with E-state index in [2.05, 4.69) is 36.4 Å². The summed E-state index contributed by atoms with van der Waals surface area (Å²) < 4.78 is 0. The van der Waals surface area contributed by atoms with Gasteiger partial charge in [0.15, 0.2) is 5.78 Å². The first-order valence-corrected chi connectivity index (χ1v) is 6.52. The minimum absolute atomic E-state index is 0.165. The van der Waals surface area contributed by atoms with E-state index < -0.39 is 0 Å². The average molecular weight is 234 g/mol. The molecule has 0 spiro atoms. The SMILES string of the molecule is CC1Cc2cc3c(cc2C1=O)Cc1ccccc1-3. The second kappa shape index (κ2) is 3.32. The van der Waals surface area contributed by atoms with E-state index in [9.17, 15) is 4.79 Å². The van der Waals surface area contributed by atoms with Gasteiger partial charge in [-0.25, -0.2) is 0 Å². The summed E-state index contributed by atoms with van der Waals surface area (Å²) in [6.45, 7) is 2.03. The Labute approximate surface area is 106 Å². The molecule has 0 heterocycles. The Bertz CT molecular complexity index is 682. The number of carbonyl (C=O) groups excluding carboxylic acids is 1. The molecule has 0 aromatic heterocycles. The lowest BCUT2D eigenvalue weighted by molar-refractivity contribution is 0.0946. The largest absolute Gasteiger partial charge is 0.294 e. The van der Waals surface area contributed by atoms with Gasteiger partial charge in [-0.15, -0.1) is 0 Å². The number of carbonyl (C=O) groups is 1. The maximum Gasteiger partial charge on any atom is 0.166 e. The van der Waals surface area contributed by atoms with Crippen molar-refractivity contribution in [1.82, 2.24) is 0 Å². The van der Waals surface area contributed by atoms with E-state index in [4.69, 9.17) is 0 Å². The quantitative estimate of drug-likeness (QED) is 0.580. The second-order valence-corrected chi connectivity index (χ2v) is 5.47. The fourth-order valence-electron chi connectivity index (χ4n) is 3.32. The number of rotatable bonds is 0. The molecule has 0 bridgehead atoms. The number of benzene rings is 2. The maximum absolute atomic E-state index is 12.1. The molecule has 0 aliphatic heterocycles. The van der Waals surface area contributed by atoms with E-state index in [-0.39, 0.29) is 5.92 Å². The third kappa shape index (κ3) is 1.19. The van der Waals surface area contributed by atoms with Crippen LogP contribution < -0.4 is 0 Å². The van der Waals surface area contributed by atoms with Crippen LogP contribution in [0.4, 0.5) is 0 Å². The van der Waals surface area contributed by atoms with Gasteiger partial charge >= 0.3 is 0 Å². The van der Waals surface area contributed by atoms with Crippen LogP contribution in [0.1, 0.15) is 34.0 Å². The van der Waals surface area contributed by atoms with E-state index in [1.165, 1.54) is 27.8 Å². The predicted octanol–water partition coefficient (Wildman–Crippen LogP) is 3.63. The molecule has 2 aliphatic carbocycles. The van der Waals surface area contributed by atoms with Crippen molar-refractivity contribution in [3.63, 3.8) is 0 Å². The maximum atomic E-state index is 12.1. The lowest BCUT2D eigenvalue weighted by Crippen LogP contribution is -2.03. The standard InChI is InChI=1S/C17H14O/c1-10-6-12-8-15-13(9-16(12)17(10)18)7-11-4-2-3-5-14(11)15/h2-5,8-10H,6-7H2,1H3. The normalized spacial score (nSPS) is 19.6. The Morgan fingerprint density at radius 2 is 1.72 bits per heavy atom. The highest BCUT2D eigenvalue weighted by Crippen LogP contribution is 2.40. The van der Waals surface area contributed by atoms with Gasteiger partial charge < -0.3 is 0 Å². The van der Waals surface area contributed by atoms with Crippen LogP contribution in [-0.2, 0) is 12.8 Å². The van der Waals surface area contributed by atoms with Gasteiger partial charge in [0.1, 0.15) is 0 Å². The van der Waals surface area contributed by atoms with Gasteiger partial charge in [-0.3, -0.25) is 4.79 Å². The molecule has 2 aliphatic rings. The molecule has 0 saturated carbocycles.